The van der Waals surface area contributed by atoms with Crippen molar-refractivity contribution >= 4 is 84.4 Å². The number of aliphatic carboxylic acids is 1. The lowest BCUT2D eigenvalue weighted by Crippen LogP contribution is -2.41. The molecule has 1 unspecified atom stereocenters. The van der Waals surface area contributed by atoms with Gasteiger partial charge in [-0.1, -0.05) is 24.3 Å². The number of aryl methyl sites for hydroxylation is 3. The first-order valence-corrected chi connectivity index (χ1v) is 24.2. The molecule has 0 radical (unpaired) electrons. The molecule has 22 nitrogen and oxygen atoms in total. The van der Waals surface area contributed by atoms with Gasteiger partial charge in [0.2, 0.25) is 22.9 Å². The van der Waals surface area contributed by atoms with Crippen LogP contribution in [0.15, 0.2) is 95.9 Å². The Bertz CT molecular complexity index is 3310. The highest BCUT2D eigenvalue weighted by atomic mass is 32.2. The predicted molar refractivity (Wildman–Crippen MR) is 262 cm³/mol. The molecule has 0 fully saturated rings. The lowest BCUT2D eigenvalue weighted by Gasteiger charge is -2.15. The maximum Gasteiger partial charge on any atom is 0.345 e. The molecule has 72 heavy (non-hydrogen) atoms. The van der Waals surface area contributed by atoms with Crippen molar-refractivity contribution in [3.8, 4) is 5.75 Å². The monoisotopic (exact) mass is 1000 g/mol. The Kier molecular flexibility index (Phi) is 16.4. The summed E-state index contributed by atoms with van der Waals surface area (Å²) in [6.45, 7) is 4.32. The smallest absolute Gasteiger partial charge is 0.345 e. The summed E-state index contributed by atoms with van der Waals surface area (Å²) < 4.78 is 47.5. The molecule has 3 amide bonds. The summed E-state index contributed by atoms with van der Waals surface area (Å²) in [6, 6.07) is 22.4. The number of hydrogen-bond acceptors (Lipinski definition) is 16. The third-order valence-corrected chi connectivity index (χ3v) is 12.1. The minimum atomic E-state index is -4.41. The van der Waals surface area contributed by atoms with E-state index >= 15 is 0 Å². The first-order chi connectivity index (χ1) is 34.4. The standard InChI is InChI=1S/C49H50N10O12S/c1-28-24-31(25-29(2)42(28)71-48(66)40-34-8-3-5-10-37(34)59(20-7-23-72(67,68)69)38-11-6-4-9-35(38)40)44(61)52-19-22-70-21-18-51-39(60)17-16-36(47(64)65)56-45(62)30-12-14-32(15-13-30)53-26-33-27-54-43-41(55-33)46(63)58-49(50)57-43/h3-6,8-15,24-25,27,36H,7,16-23,26H2,1-2H3,(H8-,50,51,52,53,54,56,57,58,60,61,62,63,64,65,67,68,69). The first-order valence-electron chi connectivity index (χ1n) is 22.6. The molecule has 0 aliphatic rings. The zero-order valence-corrected chi connectivity index (χ0v) is 39.8. The quantitative estimate of drug-likeness (QED) is 0.0128. The molecule has 7 rings (SSSR count). The van der Waals surface area contributed by atoms with Gasteiger partial charge in [0, 0.05) is 60.6 Å². The molecule has 1 atom stereocenters. The van der Waals surface area contributed by atoms with Crippen molar-refractivity contribution in [3.63, 3.8) is 0 Å². The highest BCUT2D eigenvalue weighted by Gasteiger charge is 2.27. The fourth-order valence-electron chi connectivity index (χ4n) is 7.92. The van der Waals surface area contributed by atoms with Crippen LogP contribution in [0.2, 0.25) is 0 Å². The average molecular weight is 1000 g/mol. The second-order valence-corrected chi connectivity index (χ2v) is 18.1. The number of nitrogens with two attached hydrogens (primary N) is 1. The molecule has 3 heterocycles. The Morgan fingerprint density at radius 3 is 2.14 bits per heavy atom. The molecular weight excluding hydrogens is 953 g/mol. The van der Waals surface area contributed by atoms with Crippen molar-refractivity contribution in [1.82, 2.24) is 35.9 Å². The number of H-pyrrole nitrogens is 1. The number of fused-ring (bicyclic) bond motifs is 3. The van der Waals surface area contributed by atoms with Gasteiger partial charge in [-0.3, -0.25) is 24.2 Å². The van der Waals surface area contributed by atoms with Crippen LogP contribution in [0.5, 0.6) is 5.75 Å². The van der Waals surface area contributed by atoms with Crippen LogP contribution in [0.25, 0.3) is 33.0 Å². The van der Waals surface area contributed by atoms with Gasteiger partial charge in [0.25, 0.3) is 17.4 Å². The zero-order valence-electron chi connectivity index (χ0n) is 39.0. The van der Waals surface area contributed by atoms with Gasteiger partial charge in [-0.05, 0) is 79.9 Å². The molecule has 23 heteroatoms. The van der Waals surface area contributed by atoms with Crippen molar-refractivity contribution in [2.75, 3.05) is 43.1 Å². The number of aromatic amines is 1. The number of aromatic nitrogens is 5. The number of nitrogens with zero attached hydrogens (tertiary/aromatic N) is 4. The van der Waals surface area contributed by atoms with Gasteiger partial charge in [0.1, 0.15) is 11.8 Å². The average Bonchev–Trinajstić information content (AvgIpc) is 3.34. The van der Waals surface area contributed by atoms with Gasteiger partial charge in [0.15, 0.2) is 17.7 Å². The Hall–Kier alpha value is -8.41. The number of rotatable bonds is 22. The zero-order chi connectivity index (χ0) is 51.5. The van der Waals surface area contributed by atoms with Crippen molar-refractivity contribution < 1.29 is 56.1 Å². The number of ether oxygens (including phenoxy) is 2. The summed E-state index contributed by atoms with van der Waals surface area (Å²) >= 11 is 0. The number of carboxylic acids is 1. The van der Waals surface area contributed by atoms with Gasteiger partial charge >= 0.3 is 11.9 Å². The number of nitrogens with one attached hydrogen (secondary N) is 5. The topological polar surface area (TPSA) is 331 Å². The normalized spacial score (nSPS) is 11.8. The lowest BCUT2D eigenvalue weighted by atomic mass is 10.0. The van der Waals surface area contributed by atoms with Crippen LogP contribution in [-0.2, 0) is 37.5 Å². The summed E-state index contributed by atoms with van der Waals surface area (Å²) in [5.74, 6) is -3.76. The highest BCUT2D eigenvalue weighted by Crippen LogP contribution is 2.30. The molecule has 7 aromatic rings. The summed E-state index contributed by atoms with van der Waals surface area (Å²) in [4.78, 5) is 91.3. The third kappa shape index (κ3) is 13.1. The summed E-state index contributed by atoms with van der Waals surface area (Å²) in [5, 5.41) is 21.8. The van der Waals surface area contributed by atoms with Crippen LogP contribution < -0.4 is 41.9 Å². The number of carbonyl (C=O) groups excluding carboxylic acids is 4. The Morgan fingerprint density at radius 2 is 1.50 bits per heavy atom. The van der Waals surface area contributed by atoms with Gasteiger partial charge in [-0.2, -0.15) is 9.55 Å². The predicted octanol–water partition coefficient (Wildman–Crippen LogP) is 2.80. The van der Waals surface area contributed by atoms with Gasteiger partial charge in [0.05, 0.1) is 58.1 Å². The van der Waals surface area contributed by atoms with Gasteiger partial charge in [-0.25, -0.2) is 28.0 Å². The molecular formula is C49H50N10O12S. The SMILES string of the molecule is Cc1cc(C(=O)NCCOCCNC(=O)CCC(NC(=O)c2ccc(NCc3cnc4nc(N)[nH]c(=O)c4n3)cc2)C(=O)O)cc(C)c1OC(=O)c1c2ccccc2[n+](CCCS(=O)(=O)[O-])c2ccccc12. The lowest BCUT2D eigenvalue weighted by molar-refractivity contribution is -0.645. The molecule has 0 spiro atoms. The highest BCUT2D eigenvalue weighted by molar-refractivity contribution is 7.85. The van der Waals surface area contributed by atoms with Crippen LogP contribution in [0.3, 0.4) is 0 Å². The molecule has 0 saturated carbocycles. The number of anilines is 2. The van der Waals surface area contributed by atoms with Crippen LogP contribution in [-0.4, -0.2) is 106 Å². The van der Waals surface area contributed by atoms with Gasteiger partial charge in [-0.15, -0.1) is 0 Å². The number of hydrogen-bond donors (Lipinski definition) is 7. The number of nitrogen functional groups attached to an aromatic ring is 1. The number of para-hydroxylation sites is 2. The molecule has 0 aliphatic heterocycles. The number of esters is 1. The number of pyridine rings is 1. The molecule has 8 N–H and O–H groups in total. The molecule has 0 bridgehead atoms. The molecule has 0 aliphatic carbocycles. The van der Waals surface area contributed by atoms with E-state index < -0.39 is 57.1 Å². The summed E-state index contributed by atoms with van der Waals surface area (Å²) in [6.07, 6.45) is 1.16. The first kappa shape index (κ1) is 51.4. The minimum absolute atomic E-state index is 0.0332. The van der Waals surface area contributed by atoms with Gasteiger partial charge < -0.3 is 46.1 Å². The third-order valence-electron chi connectivity index (χ3n) is 11.3. The largest absolute Gasteiger partial charge is 0.748 e. The van der Waals surface area contributed by atoms with Crippen molar-refractivity contribution in [2.45, 2.75) is 52.2 Å². The molecule has 374 valence electrons. The second-order valence-electron chi connectivity index (χ2n) is 16.5. The van der Waals surface area contributed by atoms with Crippen LogP contribution in [0.4, 0.5) is 11.6 Å². The number of carboxylic acid groups (broad SMARTS) is 1. The van der Waals surface area contributed by atoms with E-state index in [-0.39, 0.29) is 87.1 Å². The Morgan fingerprint density at radius 1 is 0.861 bits per heavy atom. The summed E-state index contributed by atoms with van der Waals surface area (Å²) in [5.41, 5.74) is 9.41. The molecule has 3 aromatic heterocycles. The Balaban J connectivity index is 0.824. The van der Waals surface area contributed by atoms with E-state index in [4.69, 9.17) is 15.2 Å². The summed E-state index contributed by atoms with van der Waals surface area (Å²) in [7, 11) is -4.41. The Labute approximate surface area is 411 Å². The number of benzene rings is 4. The second kappa shape index (κ2) is 23.0. The van der Waals surface area contributed by atoms with Crippen molar-refractivity contribution in [3.05, 3.63) is 135 Å². The molecule has 0 saturated heterocycles. The van der Waals surface area contributed by atoms with Crippen LogP contribution in [0.1, 0.15) is 67.2 Å². The van der Waals surface area contributed by atoms with E-state index in [2.05, 4.69) is 41.2 Å². The fourth-order valence-corrected chi connectivity index (χ4v) is 8.40. The van der Waals surface area contributed by atoms with E-state index in [1.807, 2.05) is 16.7 Å². The minimum Gasteiger partial charge on any atom is -0.748 e. The van der Waals surface area contributed by atoms with E-state index in [9.17, 15) is 46.8 Å². The van der Waals surface area contributed by atoms with Crippen LogP contribution >= 0.6 is 0 Å². The molecule has 4 aromatic carbocycles. The maximum absolute atomic E-state index is 14.0. The number of amides is 3. The van der Waals surface area contributed by atoms with E-state index in [0.717, 1.165) is 0 Å². The van der Waals surface area contributed by atoms with E-state index in [1.54, 1.807) is 74.5 Å². The van der Waals surface area contributed by atoms with Crippen LogP contribution in [0, 0.1) is 13.8 Å². The maximum atomic E-state index is 14.0. The van der Waals surface area contributed by atoms with E-state index in [1.165, 1.54) is 18.3 Å². The van der Waals surface area contributed by atoms with E-state index in [0.29, 0.717) is 55.4 Å². The van der Waals surface area contributed by atoms with Crippen molar-refractivity contribution in [1.29, 1.82) is 0 Å². The van der Waals surface area contributed by atoms with Crippen molar-refractivity contribution in [2.24, 2.45) is 0 Å². The fraction of sp³-hybridized carbons (Fsp3) is 0.265. The number of carbonyl (C=O) groups is 5.